The first-order valence-corrected chi connectivity index (χ1v) is 10.8. The molecule has 2 aromatic carbocycles. The smallest absolute Gasteiger partial charge is 0.412 e. The molecule has 0 heterocycles. The first kappa shape index (κ1) is 24.6. The third kappa shape index (κ3) is 6.95. The van der Waals surface area contributed by atoms with Gasteiger partial charge >= 0.3 is 12.1 Å². The van der Waals surface area contributed by atoms with Crippen LogP contribution in [0.2, 0.25) is 0 Å². The van der Waals surface area contributed by atoms with Crippen LogP contribution in [0.1, 0.15) is 45.2 Å². The maximum absolute atomic E-state index is 15.3. The number of carbonyl (C=O) groups excluding carboxylic acids is 1. The van der Waals surface area contributed by atoms with Gasteiger partial charge in [0.05, 0.1) is 17.6 Å². The van der Waals surface area contributed by atoms with Crippen molar-refractivity contribution in [2.24, 2.45) is 0 Å². The molecule has 2 rings (SSSR count). The lowest BCUT2D eigenvalue weighted by Crippen LogP contribution is -2.51. The molecular weight excluding hydrogens is 423 g/mol. The third-order valence-electron chi connectivity index (χ3n) is 4.42. The summed E-state index contributed by atoms with van der Waals surface area (Å²) in [6, 6.07) is 13.2. The quantitative estimate of drug-likeness (QED) is 0.517. The molecule has 0 aromatic heterocycles. The Balaban J connectivity index is 2.24. The number of hydrogen-bond acceptors (Lipinski definition) is 5. The molecule has 3 N–H and O–H groups in total. The molecule has 2 unspecified atom stereocenters. The molecule has 0 bridgehead atoms. The van der Waals surface area contributed by atoms with Crippen molar-refractivity contribution in [3.05, 3.63) is 65.5 Å². The number of nitrogens with one attached hydrogen (secondary N) is 2. The summed E-state index contributed by atoms with van der Waals surface area (Å²) in [7, 11) is 0. The molecule has 9 heteroatoms. The van der Waals surface area contributed by atoms with Crippen LogP contribution in [-0.2, 0) is 33.0 Å². The van der Waals surface area contributed by atoms with Crippen LogP contribution < -0.4 is 10.0 Å². The van der Waals surface area contributed by atoms with E-state index in [0.29, 0.717) is 0 Å². The molecule has 0 spiro atoms. The second-order valence-corrected chi connectivity index (χ2v) is 10.2. The molecule has 7 nitrogen and oxygen atoms in total. The molecule has 1 amide bonds. The fraction of sp³-hybridized carbons (Fsp3) is 0.364. The SMILES string of the molecule is CC(CC(=O)O)(N[S+]([O-])C(C)(C)C)c1cccc(NC(=O)OCc2ccccc2)c1F. The van der Waals surface area contributed by atoms with Gasteiger partial charge in [-0.25, -0.2) is 9.18 Å². The van der Waals surface area contributed by atoms with E-state index in [9.17, 15) is 19.2 Å². The summed E-state index contributed by atoms with van der Waals surface area (Å²) in [5.41, 5.74) is -0.918. The van der Waals surface area contributed by atoms with Crippen molar-refractivity contribution >= 4 is 29.1 Å². The standard InChI is InChI=1S/C22H27FN2O5S/c1-21(2,3)31(29)25-22(4,13-18(26)27)16-11-8-12-17(19(16)23)24-20(28)30-14-15-9-6-5-7-10-15/h5-12,25H,13-14H2,1-4H3,(H,24,28)(H,26,27). The number of carboxylic acids is 1. The monoisotopic (exact) mass is 450 g/mol. The van der Waals surface area contributed by atoms with E-state index < -0.39 is 45.9 Å². The Bertz CT molecular complexity index is 920. The first-order chi connectivity index (χ1) is 14.4. The average molecular weight is 451 g/mol. The zero-order chi connectivity index (χ0) is 23.2. The van der Waals surface area contributed by atoms with Crippen LogP contribution in [-0.4, -0.2) is 26.5 Å². The fourth-order valence-electron chi connectivity index (χ4n) is 2.77. The summed E-state index contributed by atoms with van der Waals surface area (Å²) in [5, 5.41) is 11.7. The zero-order valence-corrected chi connectivity index (χ0v) is 18.7. The summed E-state index contributed by atoms with van der Waals surface area (Å²) < 4.78 is 35.1. The molecule has 31 heavy (non-hydrogen) atoms. The van der Waals surface area contributed by atoms with Gasteiger partial charge < -0.3 is 14.4 Å². The van der Waals surface area contributed by atoms with Gasteiger partial charge in [-0.3, -0.25) is 10.1 Å². The lowest BCUT2D eigenvalue weighted by atomic mass is 9.89. The Labute approximate surface area is 184 Å². The van der Waals surface area contributed by atoms with Crippen LogP contribution in [0.3, 0.4) is 0 Å². The normalized spacial score (nSPS) is 14.4. The fourth-order valence-corrected chi connectivity index (χ4v) is 3.67. The molecule has 0 radical (unpaired) electrons. The van der Waals surface area contributed by atoms with Gasteiger partial charge in [0.25, 0.3) is 0 Å². The molecular formula is C22H27FN2O5S. The van der Waals surface area contributed by atoms with Gasteiger partial charge in [0.2, 0.25) is 0 Å². The van der Waals surface area contributed by atoms with E-state index in [2.05, 4.69) is 10.0 Å². The lowest BCUT2D eigenvalue weighted by Gasteiger charge is -2.34. The predicted octanol–water partition coefficient (Wildman–Crippen LogP) is 4.32. The summed E-state index contributed by atoms with van der Waals surface area (Å²) in [4.78, 5) is 23.6. The van der Waals surface area contributed by atoms with Crippen LogP contribution in [0.4, 0.5) is 14.9 Å². The van der Waals surface area contributed by atoms with E-state index in [1.165, 1.54) is 25.1 Å². The summed E-state index contributed by atoms with van der Waals surface area (Å²) >= 11 is -1.67. The highest BCUT2D eigenvalue weighted by Crippen LogP contribution is 2.33. The van der Waals surface area contributed by atoms with Crippen molar-refractivity contribution < 1.29 is 28.4 Å². The molecule has 168 valence electrons. The largest absolute Gasteiger partial charge is 0.598 e. The number of carbonyl (C=O) groups is 2. The van der Waals surface area contributed by atoms with E-state index in [0.717, 1.165) is 5.56 Å². The number of benzene rings is 2. The first-order valence-electron chi connectivity index (χ1n) is 9.60. The number of anilines is 1. The van der Waals surface area contributed by atoms with Crippen LogP contribution in [0.15, 0.2) is 48.5 Å². The van der Waals surface area contributed by atoms with Crippen molar-refractivity contribution in [2.45, 2.75) is 51.0 Å². The zero-order valence-electron chi connectivity index (χ0n) is 17.9. The topological polar surface area (TPSA) is 111 Å². The van der Waals surface area contributed by atoms with Gasteiger partial charge in [0.1, 0.15) is 11.4 Å². The molecule has 0 aliphatic carbocycles. The number of hydrogen-bond donors (Lipinski definition) is 3. The Morgan fingerprint density at radius 1 is 1.10 bits per heavy atom. The van der Waals surface area contributed by atoms with Gasteiger partial charge in [-0.05, 0) is 39.3 Å². The Morgan fingerprint density at radius 3 is 2.32 bits per heavy atom. The molecule has 2 atom stereocenters. The minimum absolute atomic E-state index is 0.0107. The number of rotatable bonds is 8. The van der Waals surface area contributed by atoms with Gasteiger partial charge in [0, 0.05) is 16.9 Å². The number of aliphatic carboxylic acids is 1. The third-order valence-corrected chi connectivity index (χ3v) is 6.17. The van der Waals surface area contributed by atoms with Crippen molar-refractivity contribution in [1.82, 2.24) is 4.72 Å². The van der Waals surface area contributed by atoms with Crippen LogP contribution in [0, 0.1) is 5.82 Å². The van der Waals surface area contributed by atoms with Crippen molar-refractivity contribution in [3.63, 3.8) is 0 Å². The van der Waals surface area contributed by atoms with Crippen LogP contribution >= 0.6 is 0 Å². The molecule has 2 aromatic rings. The average Bonchev–Trinajstić information content (AvgIpc) is 2.67. The van der Waals surface area contributed by atoms with E-state index in [1.807, 2.05) is 6.07 Å². The van der Waals surface area contributed by atoms with Crippen molar-refractivity contribution in [3.8, 4) is 0 Å². The van der Waals surface area contributed by atoms with Gasteiger partial charge in [-0.1, -0.05) is 42.5 Å². The van der Waals surface area contributed by atoms with E-state index in [1.54, 1.807) is 45.0 Å². The molecule has 0 fully saturated rings. The molecule has 0 aliphatic heterocycles. The number of carboxylic acid groups (broad SMARTS) is 1. The second-order valence-electron chi connectivity index (χ2n) is 8.24. The minimum atomic E-state index is -1.67. The maximum atomic E-state index is 15.3. The van der Waals surface area contributed by atoms with E-state index in [4.69, 9.17) is 4.74 Å². The molecule has 0 aliphatic rings. The van der Waals surface area contributed by atoms with Gasteiger partial charge in [-0.15, -0.1) is 4.72 Å². The Hall–Kier alpha value is -2.62. The highest BCUT2D eigenvalue weighted by molar-refractivity contribution is 7.90. The Kier molecular flexibility index (Phi) is 8.05. The predicted molar refractivity (Wildman–Crippen MR) is 117 cm³/mol. The van der Waals surface area contributed by atoms with Crippen LogP contribution in [0.5, 0.6) is 0 Å². The van der Waals surface area contributed by atoms with E-state index >= 15 is 4.39 Å². The van der Waals surface area contributed by atoms with Crippen molar-refractivity contribution in [2.75, 3.05) is 5.32 Å². The van der Waals surface area contributed by atoms with Gasteiger partial charge in [0.15, 0.2) is 5.82 Å². The van der Waals surface area contributed by atoms with Crippen molar-refractivity contribution in [1.29, 1.82) is 0 Å². The molecule has 0 saturated carbocycles. The summed E-state index contributed by atoms with van der Waals surface area (Å²) in [6.45, 7) is 6.62. The maximum Gasteiger partial charge on any atom is 0.412 e. The molecule has 0 saturated heterocycles. The summed E-state index contributed by atoms with van der Waals surface area (Å²) in [5.74, 6) is -2.03. The highest BCUT2D eigenvalue weighted by atomic mass is 32.2. The van der Waals surface area contributed by atoms with E-state index in [-0.39, 0.29) is 17.9 Å². The highest BCUT2D eigenvalue weighted by Gasteiger charge is 2.41. The second kappa shape index (κ2) is 10.1. The Morgan fingerprint density at radius 2 is 1.74 bits per heavy atom. The number of amides is 1. The number of ether oxygens (including phenoxy) is 1. The lowest BCUT2D eigenvalue weighted by molar-refractivity contribution is -0.138. The van der Waals surface area contributed by atoms with Crippen LogP contribution in [0.25, 0.3) is 0 Å². The summed E-state index contributed by atoms with van der Waals surface area (Å²) in [6.07, 6.45) is -1.38. The number of halogens is 1. The minimum Gasteiger partial charge on any atom is -0.598 e. The van der Waals surface area contributed by atoms with Gasteiger partial charge in [-0.2, -0.15) is 0 Å².